The lowest BCUT2D eigenvalue weighted by atomic mass is 10.0. The molecule has 1 atom stereocenters. The van der Waals surface area contributed by atoms with E-state index >= 15 is 0 Å². The van der Waals surface area contributed by atoms with Crippen molar-refractivity contribution in [1.82, 2.24) is 4.57 Å². The first-order valence-corrected chi connectivity index (χ1v) is 11.4. The van der Waals surface area contributed by atoms with E-state index in [1.165, 1.54) is 28.0 Å². The van der Waals surface area contributed by atoms with Crippen LogP contribution in [0.1, 0.15) is 30.3 Å². The number of carbonyl (C=O) groups is 1. The number of thiophene rings is 1. The molecule has 0 saturated carbocycles. The van der Waals surface area contributed by atoms with Crippen LogP contribution in [0.25, 0.3) is 6.08 Å². The number of thiazole rings is 1. The molecular formula is C22H18F2N2O4S2. The van der Waals surface area contributed by atoms with Crippen molar-refractivity contribution in [3.05, 3.63) is 83.2 Å². The Hall–Kier alpha value is -3.11. The van der Waals surface area contributed by atoms with Crippen molar-refractivity contribution in [2.45, 2.75) is 26.5 Å². The third-order valence-electron chi connectivity index (χ3n) is 4.75. The van der Waals surface area contributed by atoms with Crippen LogP contribution in [-0.2, 0) is 9.53 Å². The summed E-state index contributed by atoms with van der Waals surface area (Å²) in [6.07, 6.45) is 1.50. The summed E-state index contributed by atoms with van der Waals surface area (Å²) in [5.41, 5.74) is 0.728. The molecule has 0 saturated heterocycles. The van der Waals surface area contributed by atoms with Gasteiger partial charge in [0.15, 0.2) is 4.80 Å². The van der Waals surface area contributed by atoms with Crippen molar-refractivity contribution in [3.8, 4) is 5.75 Å². The van der Waals surface area contributed by atoms with Gasteiger partial charge in [-0.1, -0.05) is 35.6 Å². The highest BCUT2D eigenvalue weighted by molar-refractivity contribution is 7.10. The van der Waals surface area contributed by atoms with E-state index < -0.39 is 18.6 Å². The third kappa shape index (κ3) is 4.15. The predicted molar refractivity (Wildman–Crippen MR) is 118 cm³/mol. The average molecular weight is 477 g/mol. The van der Waals surface area contributed by atoms with Crippen LogP contribution in [0.3, 0.4) is 0 Å². The van der Waals surface area contributed by atoms with E-state index in [9.17, 15) is 18.4 Å². The van der Waals surface area contributed by atoms with E-state index in [1.54, 1.807) is 32.0 Å². The summed E-state index contributed by atoms with van der Waals surface area (Å²) in [5.74, 6) is -0.566. The number of halogens is 2. The van der Waals surface area contributed by atoms with Crippen molar-refractivity contribution < 1.29 is 23.0 Å². The second-order valence-electron chi connectivity index (χ2n) is 6.73. The maximum atomic E-state index is 13.4. The Morgan fingerprint density at radius 1 is 1.28 bits per heavy atom. The molecule has 0 fully saturated rings. The van der Waals surface area contributed by atoms with Gasteiger partial charge in [-0.2, -0.15) is 8.78 Å². The molecule has 3 aromatic rings. The van der Waals surface area contributed by atoms with E-state index in [0.717, 1.165) is 16.2 Å². The predicted octanol–water partition coefficient (Wildman–Crippen LogP) is 3.46. The van der Waals surface area contributed by atoms with Gasteiger partial charge in [-0.25, -0.2) is 9.79 Å². The van der Waals surface area contributed by atoms with Gasteiger partial charge in [0.25, 0.3) is 5.56 Å². The number of alkyl halides is 2. The summed E-state index contributed by atoms with van der Waals surface area (Å²) in [6, 6.07) is 9.23. The summed E-state index contributed by atoms with van der Waals surface area (Å²) >= 11 is 2.53. The minimum atomic E-state index is -2.99. The lowest BCUT2D eigenvalue weighted by Crippen LogP contribution is -2.39. The first kappa shape index (κ1) is 22.1. The Morgan fingerprint density at radius 3 is 2.75 bits per heavy atom. The Balaban J connectivity index is 1.91. The number of hydrogen-bond donors (Lipinski definition) is 0. The summed E-state index contributed by atoms with van der Waals surface area (Å²) < 4.78 is 37.1. The minimum absolute atomic E-state index is 0.0356. The van der Waals surface area contributed by atoms with Gasteiger partial charge in [0.05, 0.1) is 22.4 Å². The highest BCUT2D eigenvalue weighted by Crippen LogP contribution is 2.33. The van der Waals surface area contributed by atoms with Crippen LogP contribution in [-0.4, -0.2) is 23.8 Å². The number of fused-ring (bicyclic) bond motifs is 1. The second kappa shape index (κ2) is 9.17. The molecule has 0 spiro atoms. The zero-order valence-electron chi connectivity index (χ0n) is 17.1. The Bertz CT molecular complexity index is 1360. The molecule has 0 bridgehead atoms. The fraction of sp³-hybridized carbons (Fsp3) is 0.227. The maximum absolute atomic E-state index is 13.4. The molecule has 0 aliphatic carbocycles. The molecule has 1 aliphatic rings. The summed E-state index contributed by atoms with van der Waals surface area (Å²) in [4.78, 5) is 31.8. The maximum Gasteiger partial charge on any atom is 0.387 e. The SMILES string of the molecule is CCOC(=O)C1=C(C)N=c2s/c(=C/c3ccccc3OC(F)F)c(=O)n2[C@H]1c1cccs1. The molecule has 10 heteroatoms. The number of esters is 1. The monoisotopic (exact) mass is 476 g/mol. The molecular weight excluding hydrogens is 458 g/mol. The van der Waals surface area contributed by atoms with E-state index in [4.69, 9.17) is 4.74 Å². The molecule has 4 rings (SSSR count). The molecule has 0 amide bonds. The zero-order chi connectivity index (χ0) is 22.8. The van der Waals surface area contributed by atoms with Gasteiger partial charge < -0.3 is 9.47 Å². The number of aromatic nitrogens is 1. The Morgan fingerprint density at radius 2 is 2.06 bits per heavy atom. The number of rotatable bonds is 6. The van der Waals surface area contributed by atoms with Crippen LogP contribution in [0.2, 0.25) is 0 Å². The van der Waals surface area contributed by atoms with Gasteiger partial charge in [-0.05, 0) is 37.4 Å². The smallest absolute Gasteiger partial charge is 0.387 e. The molecule has 0 unspecified atom stereocenters. The average Bonchev–Trinajstić information content (AvgIpc) is 3.37. The highest BCUT2D eigenvalue weighted by Gasteiger charge is 2.33. The molecule has 32 heavy (non-hydrogen) atoms. The molecule has 0 radical (unpaired) electrons. The Labute approximate surface area is 189 Å². The second-order valence-corrected chi connectivity index (χ2v) is 8.72. The molecule has 166 valence electrons. The van der Waals surface area contributed by atoms with Gasteiger partial charge >= 0.3 is 12.6 Å². The van der Waals surface area contributed by atoms with Gasteiger partial charge in [-0.15, -0.1) is 11.3 Å². The number of ether oxygens (including phenoxy) is 2. The van der Waals surface area contributed by atoms with Crippen LogP contribution in [0.5, 0.6) is 5.75 Å². The standard InChI is InChI=1S/C22H18F2N2O4S2/c1-3-29-20(28)17-12(2)25-22-26(18(17)15-9-6-10-31-15)19(27)16(32-22)11-13-7-4-5-8-14(13)30-21(23)24/h4-11,18,21H,3H2,1-2H3/b16-11+/t18-/m0/s1. The first-order valence-electron chi connectivity index (χ1n) is 9.67. The number of hydrogen-bond acceptors (Lipinski definition) is 7. The third-order valence-corrected chi connectivity index (χ3v) is 6.66. The van der Waals surface area contributed by atoms with E-state index in [0.29, 0.717) is 21.6 Å². The normalized spacial score (nSPS) is 16.2. The molecule has 3 heterocycles. The van der Waals surface area contributed by atoms with Gasteiger partial charge in [0.1, 0.15) is 11.8 Å². The fourth-order valence-electron chi connectivity index (χ4n) is 3.45. The van der Waals surface area contributed by atoms with Crippen LogP contribution >= 0.6 is 22.7 Å². The van der Waals surface area contributed by atoms with E-state index in [2.05, 4.69) is 9.73 Å². The molecule has 1 aliphatic heterocycles. The van der Waals surface area contributed by atoms with Crippen LogP contribution in [0, 0.1) is 0 Å². The first-order chi connectivity index (χ1) is 15.4. The van der Waals surface area contributed by atoms with Crippen molar-refractivity contribution in [2.75, 3.05) is 6.61 Å². The fourth-order valence-corrected chi connectivity index (χ4v) is 5.31. The summed E-state index contributed by atoms with van der Waals surface area (Å²) in [7, 11) is 0. The van der Waals surface area contributed by atoms with Crippen LogP contribution < -0.4 is 19.6 Å². The largest absolute Gasteiger partial charge is 0.463 e. The van der Waals surface area contributed by atoms with Gasteiger partial charge in [0, 0.05) is 10.4 Å². The zero-order valence-corrected chi connectivity index (χ0v) is 18.7. The number of para-hydroxylation sites is 1. The summed E-state index contributed by atoms with van der Waals surface area (Å²) in [5, 5.41) is 1.86. The van der Waals surface area contributed by atoms with Gasteiger partial charge in [0.2, 0.25) is 0 Å². The minimum Gasteiger partial charge on any atom is -0.463 e. The lowest BCUT2D eigenvalue weighted by molar-refractivity contribution is -0.139. The van der Waals surface area contributed by atoms with E-state index in [-0.39, 0.29) is 22.4 Å². The van der Waals surface area contributed by atoms with Gasteiger partial charge in [-0.3, -0.25) is 9.36 Å². The number of benzene rings is 1. The molecule has 0 N–H and O–H groups in total. The molecule has 1 aromatic carbocycles. The number of allylic oxidation sites excluding steroid dienone is 1. The Kier molecular flexibility index (Phi) is 6.33. The lowest BCUT2D eigenvalue weighted by Gasteiger charge is -2.23. The number of carbonyl (C=O) groups excluding carboxylic acids is 1. The van der Waals surface area contributed by atoms with Crippen molar-refractivity contribution >= 4 is 34.7 Å². The van der Waals surface area contributed by atoms with Crippen LogP contribution in [0.15, 0.2) is 62.8 Å². The number of nitrogens with zero attached hydrogens (tertiary/aromatic N) is 2. The van der Waals surface area contributed by atoms with Crippen LogP contribution in [0.4, 0.5) is 8.78 Å². The quantitative estimate of drug-likeness (QED) is 0.511. The topological polar surface area (TPSA) is 69.9 Å². The van der Waals surface area contributed by atoms with Crippen molar-refractivity contribution in [3.63, 3.8) is 0 Å². The van der Waals surface area contributed by atoms with Crippen molar-refractivity contribution in [1.29, 1.82) is 0 Å². The molecule has 2 aromatic heterocycles. The van der Waals surface area contributed by atoms with E-state index in [1.807, 2.05) is 17.5 Å². The summed E-state index contributed by atoms with van der Waals surface area (Å²) in [6.45, 7) is 0.620. The van der Waals surface area contributed by atoms with Crippen molar-refractivity contribution in [2.24, 2.45) is 4.99 Å². The highest BCUT2D eigenvalue weighted by atomic mass is 32.1. The molecule has 6 nitrogen and oxygen atoms in total.